The van der Waals surface area contributed by atoms with E-state index in [-0.39, 0.29) is 36.8 Å². The summed E-state index contributed by atoms with van der Waals surface area (Å²) in [5, 5.41) is 3.04. The minimum Gasteiger partial charge on any atom is -0.457 e. The Hall–Kier alpha value is -4.52. The minimum atomic E-state index is -3.89. The Morgan fingerprint density at radius 2 is 1.27 bits per heavy atom. The van der Waals surface area contributed by atoms with Crippen LogP contribution in [0.25, 0.3) is 11.1 Å². The van der Waals surface area contributed by atoms with E-state index >= 15 is 4.57 Å². The average Bonchev–Trinajstić information content (AvgIpc) is 3.51. The van der Waals surface area contributed by atoms with E-state index in [0.717, 1.165) is 47.1 Å². The average molecular weight is 774 g/mol. The van der Waals surface area contributed by atoms with Crippen molar-refractivity contribution in [2.45, 2.75) is 76.1 Å². The van der Waals surface area contributed by atoms with Crippen LogP contribution in [0.1, 0.15) is 85.3 Å². The molecule has 4 saturated carbocycles. The highest BCUT2D eigenvalue weighted by molar-refractivity contribution is 7.59. The van der Waals surface area contributed by atoms with Gasteiger partial charge in [-0.3, -0.25) is 14.2 Å². The number of carbonyl (C=O) groups is 3. The van der Waals surface area contributed by atoms with Crippen molar-refractivity contribution in [3.63, 3.8) is 0 Å². The van der Waals surface area contributed by atoms with Crippen LogP contribution in [0, 0.1) is 29.6 Å². The Kier molecular flexibility index (Phi) is 11.1. The molecule has 0 radical (unpaired) electrons. The van der Waals surface area contributed by atoms with Gasteiger partial charge in [-0.25, -0.2) is 4.79 Å². The first kappa shape index (κ1) is 38.4. The standard InChI is InChI=1S/C47H52NO7P/c1-31(2)44(48-46(51)54-28-42-40-19-11-9-17-38(40)39-18-10-12-20-41(39)42)56(52,55-47-25-33-21-34(26-47)23-35(22-33)27-47)30-37(24-32-13-5-3-6-14-32)45(50)53-29-43(49)36-15-7-4-8-16-36/h3-20,31,33-35,37,42,44H,21-30H2,1-2H3,(H,48,51). The molecule has 9 heteroatoms. The number of ketones is 1. The number of ether oxygens (including phenoxy) is 2. The highest BCUT2D eigenvalue weighted by atomic mass is 31.2. The predicted molar refractivity (Wildman–Crippen MR) is 217 cm³/mol. The smallest absolute Gasteiger partial charge is 0.407 e. The van der Waals surface area contributed by atoms with Crippen molar-refractivity contribution in [1.29, 1.82) is 0 Å². The van der Waals surface area contributed by atoms with Crippen molar-refractivity contribution in [2.24, 2.45) is 29.6 Å². The maximum atomic E-state index is 16.1. The second kappa shape index (κ2) is 16.1. The van der Waals surface area contributed by atoms with Gasteiger partial charge in [0.15, 0.2) is 12.4 Å². The second-order valence-corrected chi connectivity index (χ2v) is 19.6. The first-order chi connectivity index (χ1) is 27.1. The van der Waals surface area contributed by atoms with Crippen LogP contribution < -0.4 is 5.32 Å². The van der Waals surface area contributed by atoms with Crippen LogP contribution in [0.5, 0.6) is 0 Å². The largest absolute Gasteiger partial charge is 0.457 e. The van der Waals surface area contributed by atoms with E-state index in [1.807, 2.05) is 74.5 Å². The van der Waals surface area contributed by atoms with Crippen LogP contribution in [0.15, 0.2) is 109 Å². The summed E-state index contributed by atoms with van der Waals surface area (Å²) in [5.41, 5.74) is 5.21. The van der Waals surface area contributed by atoms with Crippen molar-refractivity contribution in [3.8, 4) is 11.1 Å². The molecule has 4 aromatic carbocycles. The third kappa shape index (κ3) is 8.15. The van der Waals surface area contributed by atoms with Crippen LogP contribution in [0.3, 0.4) is 0 Å². The molecule has 0 saturated heterocycles. The molecular formula is C47H52NO7P. The normalized spacial score (nSPS) is 24.1. The van der Waals surface area contributed by atoms with E-state index < -0.39 is 43.3 Å². The van der Waals surface area contributed by atoms with Crippen molar-refractivity contribution >= 4 is 25.2 Å². The molecule has 0 spiro atoms. The van der Waals surface area contributed by atoms with E-state index in [2.05, 4.69) is 29.6 Å². The fraction of sp³-hybridized carbons (Fsp3) is 0.426. The number of carbonyl (C=O) groups excluding carboxylic acids is 3. The molecule has 1 amide bonds. The van der Waals surface area contributed by atoms with Crippen LogP contribution >= 0.6 is 7.37 Å². The Labute approximate surface area is 330 Å². The van der Waals surface area contributed by atoms with Gasteiger partial charge in [-0.15, -0.1) is 0 Å². The number of nitrogens with one attached hydrogen (secondary N) is 1. The van der Waals surface area contributed by atoms with Crippen LogP contribution in [0.2, 0.25) is 0 Å². The monoisotopic (exact) mass is 773 g/mol. The molecule has 56 heavy (non-hydrogen) atoms. The van der Waals surface area contributed by atoms with E-state index in [9.17, 15) is 14.4 Å². The summed E-state index contributed by atoms with van der Waals surface area (Å²) < 4.78 is 35.0. The molecule has 0 aromatic heterocycles. The summed E-state index contributed by atoms with van der Waals surface area (Å²) in [6.45, 7) is 3.53. The maximum Gasteiger partial charge on any atom is 0.407 e. The molecule has 8 nitrogen and oxygen atoms in total. The van der Waals surface area contributed by atoms with E-state index in [0.29, 0.717) is 23.3 Å². The van der Waals surface area contributed by atoms with Gasteiger partial charge in [0.25, 0.3) is 0 Å². The summed E-state index contributed by atoms with van der Waals surface area (Å²) in [6.07, 6.45) is 5.45. The quantitative estimate of drug-likeness (QED) is 0.0728. The molecule has 292 valence electrons. The number of rotatable bonds is 15. The van der Waals surface area contributed by atoms with Crippen molar-refractivity contribution in [2.75, 3.05) is 19.4 Å². The number of hydrogen-bond acceptors (Lipinski definition) is 7. The van der Waals surface area contributed by atoms with Gasteiger partial charge in [-0.05, 0) is 96.4 Å². The summed E-state index contributed by atoms with van der Waals surface area (Å²) in [6, 6.07) is 34.7. The molecule has 3 unspecified atom stereocenters. The van der Waals surface area contributed by atoms with Gasteiger partial charge in [0.05, 0.1) is 11.5 Å². The number of benzene rings is 4. The lowest BCUT2D eigenvalue weighted by molar-refractivity contribution is -0.146. The van der Waals surface area contributed by atoms with Gasteiger partial charge in [-0.1, -0.05) is 123 Å². The van der Waals surface area contributed by atoms with E-state index in [4.69, 9.17) is 14.0 Å². The fourth-order valence-corrected chi connectivity index (χ4v) is 13.9. The highest BCUT2D eigenvalue weighted by Gasteiger charge is 2.56. The minimum absolute atomic E-state index is 0.114. The van der Waals surface area contributed by atoms with E-state index in [1.54, 1.807) is 24.3 Å². The SMILES string of the molecule is CC(C)C(NC(=O)OCC1c2ccccc2-c2ccccc21)P(=O)(CC(Cc1ccccc1)C(=O)OCC(=O)c1ccccc1)OC12CC3CC(CC(C3)C1)C2. The molecule has 5 aliphatic rings. The van der Waals surface area contributed by atoms with Gasteiger partial charge in [0, 0.05) is 17.6 Å². The molecular weight excluding hydrogens is 721 g/mol. The fourth-order valence-electron chi connectivity index (χ4n) is 10.5. The van der Waals surface area contributed by atoms with Crippen LogP contribution in [-0.4, -0.2) is 48.6 Å². The number of hydrogen-bond donors (Lipinski definition) is 1. The predicted octanol–water partition coefficient (Wildman–Crippen LogP) is 10.1. The molecule has 4 fully saturated rings. The Morgan fingerprint density at radius 3 is 1.84 bits per heavy atom. The molecule has 3 atom stereocenters. The van der Waals surface area contributed by atoms with Crippen LogP contribution in [-0.2, 0) is 29.8 Å². The van der Waals surface area contributed by atoms with Gasteiger partial charge >= 0.3 is 12.1 Å². The van der Waals surface area contributed by atoms with Gasteiger partial charge in [0.1, 0.15) is 12.4 Å². The van der Waals surface area contributed by atoms with Crippen molar-refractivity contribution in [3.05, 3.63) is 131 Å². The molecule has 0 aliphatic heterocycles. The third-order valence-electron chi connectivity index (χ3n) is 12.6. The number of fused-ring (bicyclic) bond motifs is 3. The summed E-state index contributed by atoms with van der Waals surface area (Å²) in [7, 11) is -3.89. The topological polar surface area (TPSA) is 108 Å². The van der Waals surface area contributed by atoms with Gasteiger partial charge in [-0.2, -0.15) is 0 Å². The summed E-state index contributed by atoms with van der Waals surface area (Å²) in [5.74, 6) is -1.63. The Morgan fingerprint density at radius 1 is 0.732 bits per heavy atom. The highest BCUT2D eigenvalue weighted by Crippen LogP contribution is 2.65. The number of Topliss-reactive ketones (excluding diaryl/α,β-unsaturated/α-hetero) is 1. The third-order valence-corrected chi connectivity index (χ3v) is 15.8. The molecule has 9 rings (SSSR count). The van der Waals surface area contributed by atoms with Gasteiger partial charge < -0.3 is 19.3 Å². The number of esters is 1. The zero-order valence-corrected chi connectivity index (χ0v) is 33.2. The lowest BCUT2D eigenvalue weighted by Crippen LogP contribution is -2.53. The zero-order chi connectivity index (χ0) is 38.9. The lowest BCUT2D eigenvalue weighted by Gasteiger charge is -2.57. The lowest BCUT2D eigenvalue weighted by atomic mass is 9.54. The number of alkyl carbamates (subject to hydrolysis) is 1. The molecule has 4 bridgehead atoms. The van der Waals surface area contributed by atoms with Crippen LogP contribution in [0.4, 0.5) is 4.79 Å². The molecule has 5 aliphatic carbocycles. The second-order valence-electron chi connectivity index (χ2n) is 17.0. The summed E-state index contributed by atoms with van der Waals surface area (Å²) >= 11 is 0. The molecule has 1 N–H and O–H groups in total. The molecule has 4 aromatic rings. The first-order valence-corrected chi connectivity index (χ1v) is 22.2. The Balaban J connectivity index is 1.07. The maximum absolute atomic E-state index is 16.1. The first-order valence-electron chi connectivity index (χ1n) is 20.3. The number of amides is 1. The van der Waals surface area contributed by atoms with Gasteiger partial charge in [0.2, 0.25) is 7.37 Å². The Bertz CT molecular complexity index is 2020. The van der Waals surface area contributed by atoms with E-state index in [1.165, 1.54) is 19.3 Å². The zero-order valence-electron chi connectivity index (χ0n) is 32.3. The molecule has 0 heterocycles. The van der Waals surface area contributed by atoms with Crippen molar-refractivity contribution < 1.29 is 32.9 Å². The summed E-state index contributed by atoms with van der Waals surface area (Å²) in [4.78, 5) is 41.1. The van der Waals surface area contributed by atoms with Crippen molar-refractivity contribution in [1.82, 2.24) is 5.32 Å².